The van der Waals surface area contributed by atoms with Gasteiger partial charge in [0.05, 0.1) is 23.7 Å². The number of carbonyl (C=O) groups is 4. The van der Waals surface area contributed by atoms with Gasteiger partial charge in [-0.05, 0) is 154 Å². The minimum atomic E-state index is -0.662. The molecule has 7 nitrogen and oxygen atoms in total. The van der Waals surface area contributed by atoms with Crippen LogP contribution >= 0.6 is 0 Å². The molecule has 1 saturated heterocycles. The lowest BCUT2D eigenvalue weighted by molar-refractivity contribution is -0.208. The van der Waals surface area contributed by atoms with Crippen molar-refractivity contribution in [2.24, 2.45) is 112 Å². The van der Waals surface area contributed by atoms with E-state index in [1.807, 2.05) is 0 Å². The molecule has 10 aliphatic rings. The lowest BCUT2D eigenvalue weighted by Gasteiger charge is -2.55. The Labute approximate surface area is 266 Å². The zero-order valence-electron chi connectivity index (χ0n) is 27.1. The Balaban J connectivity index is 0.924. The number of hydrogen-bond acceptors (Lipinski definition) is 6. The molecule has 9 saturated carbocycles. The van der Waals surface area contributed by atoms with Gasteiger partial charge in [-0.15, -0.1) is 0 Å². The highest BCUT2D eigenvalue weighted by molar-refractivity contribution is 5.96. The summed E-state index contributed by atoms with van der Waals surface area (Å²) in [5.41, 5.74) is -0.0201. The van der Waals surface area contributed by atoms with Gasteiger partial charge in [0.25, 0.3) is 0 Å². The van der Waals surface area contributed by atoms with Crippen LogP contribution in [0.4, 0.5) is 0 Å². The number of esters is 3. The Morgan fingerprint density at radius 3 is 2.00 bits per heavy atom. The molecule has 0 aromatic heterocycles. The summed E-state index contributed by atoms with van der Waals surface area (Å²) >= 11 is 0. The van der Waals surface area contributed by atoms with Gasteiger partial charge in [0.1, 0.15) is 5.60 Å². The van der Waals surface area contributed by atoms with E-state index in [1.54, 1.807) is 0 Å². The Hall–Kier alpha value is -1.92. The van der Waals surface area contributed by atoms with E-state index in [4.69, 9.17) is 9.47 Å². The van der Waals surface area contributed by atoms with Crippen LogP contribution in [0.25, 0.3) is 0 Å². The fourth-order valence-electron chi connectivity index (χ4n) is 16.2. The minimum absolute atomic E-state index is 0.0516. The number of fused-ring (bicyclic) bond motifs is 8. The molecule has 0 amide bonds. The molecule has 4 bridgehead atoms. The standard InChI is InChI=1S/C38H50O7/c1-15-17-7-22(26(8-17)36(43)45-37(3)13-29-19-5-4-6-20(19)30-14-38(29,30)37)32(15)24-12-28-27(34(41)44-35(28)42)11-23(24)31-16(2)21-9-18(31)10-25(21)33(39)40/h15-32H,4-14H2,1-3H3,(H,39,40). The van der Waals surface area contributed by atoms with Gasteiger partial charge < -0.3 is 14.6 Å². The second-order valence-corrected chi connectivity index (χ2v) is 18.5. The molecular weight excluding hydrogens is 568 g/mol. The molecule has 0 aromatic carbocycles. The van der Waals surface area contributed by atoms with E-state index in [0.29, 0.717) is 48.3 Å². The summed E-state index contributed by atoms with van der Waals surface area (Å²) < 4.78 is 11.9. The first kappa shape index (κ1) is 28.1. The highest BCUT2D eigenvalue weighted by Crippen LogP contribution is 2.85. The molecular formula is C38H50O7. The molecule has 10 fully saturated rings. The quantitative estimate of drug-likeness (QED) is 0.298. The Kier molecular flexibility index (Phi) is 5.59. The highest BCUT2D eigenvalue weighted by Gasteiger charge is 2.84. The molecule has 20 unspecified atom stereocenters. The fraction of sp³-hybridized carbons (Fsp3) is 0.895. The Morgan fingerprint density at radius 1 is 0.733 bits per heavy atom. The zero-order valence-corrected chi connectivity index (χ0v) is 27.1. The fourth-order valence-corrected chi connectivity index (χ4v) is 16.2. The van der Waals surface area contributed by atoms with Crippen molar-refractivity contribution in [2.75, 3.05) is 0 Å². The first-order chi connectivity index (χ1) is 21.5. The van der Waals surface area contributed by atoms with Crippen molar-refractivity contribution in [3.05, 3.63) is 0 Å². The summed E-state index contributed by atoms with van der Waals surface area (Å²) in [6.07, 6.45) is 11.5. The molecule has 0 aromatic rings. The zero-order chi connectivity index (χ0) is 30.9. The monoisotopic (exact) mass is 618 g/mol. The van der Waals surface area contributed by atoms with Gasteiger partial charge in [-0.3, -0.25) is 19.2 Å². The normalized spacial score (nSPS) is 61.0. The molecule has 9 aliphatic carbocycles. The number of hydrogen-bond donors (Lipinski definition) is 1. The van der Waals surface area contributed by atoms with Crippen LogP contribution in [-0.4, -0.2) is 34.6 Å². The molecule has 1 N–H and O–H groups in total. The number of carbonyl (C=O) groups excluding carboxylic acids is 3. The number of carboxylic acids is 1. The summed E-state index contributed by atoms with van der Waals surface area (Å²) in [7, 11) is 0. The van der Waals surface area contributed by atoms with Crippen molar-refractivity contribution < 1.29 is 33.8 Å². The van der Waals surface area contributed by atoms with Crippen LogP contribution in [0.2, 0.25) is 0 Å². The maximum atomic E-state index is 14.2. The van der Waals surface area contributed by atoms with Crippen molar-refractivity contribution >= 4 is 23.9 Å². The van der Waals surface area contributed by atoms with Gasteiger partial charge in [-0.25, -0.2) is 0 Å². The topological polar surface area (TPSA) is 107 Å². The molecule has 1 heterocycles. The molecule has 0 radical (unpaired) electrons. The maximum absolute atomic E-state index is 14.2. The van der Waals surface area contributed by atoms with Crippen molar-refractivity contribution in [2.45, 2.75) is 97.0 Å². The average Bonchev–Trinajstić information content (AvgIpc) is 3.64. The third-order valence-corrected chi connectivity index (χ3v) is 17.8. The summed E-state index contributed by atoms with van der Waals surface area (Å²) in [5.74, 6) is 4.27. The van der Waals surface area contributed by atoms with Crippen LogP contribution in [0.15, 0.2) is 0 Å². The lowest BCUT2D eigenvalue weighted by atomic mass is 9.53. The number of rotatable bonds is 5. The average molecular weight is 619 g/mol. The van der Waals surface area contributed by atoms with E-state index in [2.05, 4.69) is 20.8 Å². The third kappa shape index (κ3) is 3.35. The predicted octanol–water partition coefficient (Wildman–Crippen LogP) is 5.99. The minimum Gasteiger partial charge on any atom is -0.481 e. The SMILES string of the molecule is CC1C2CC(CC2C(=O)O)C1C1CC2C(=O)OC(=O)C2CC1C1C(C)C2CC(C(=O)OC3(C)CC4C5CCCC5C5CC453)C1C2. The molecule has 10 rings (SSSR count). The van der Waals surface area contributed by atoms with Gasteiger partial charge >= 0.3 is 23.9 Å². The summed E-state index contributed by atoms with van der Waals surface area (Å²) in [6, 6.07) is 0. The molecule has 1 spiro atoms. The van der Waals surface area contributed by atoms with Gasteiger partial charge in [0.15, 0.2) is 0 Å². The van der Waals surface area contributed by atoms with Gasteiger partial charge in [-0.2, -0.15) is 0 Å². The number of cyclic esters (lactones) is 2. The summed E-state index contributed by atoms with van der Waals surface area (Å²) in [6.45, 7) is 6.90. The highest BCUT2D eigenvalue weighted by atomic mass is 16.6. The Bertz CT molecular complexity index is 1380. The van der Waals surface area contributed by atoms with E-state index in [1.165, 1.54) is 25.7 Å². The third-order valence-electron chi connectivity index (χ3n) is 17.8. The van der Waals surface area contributed by atoms with Crippen LogP contribution in [0, 0.1) is 112 Å². The molecule has 244 valence electrons. The molecule has 20 atom stereocenters. The van der Waals surface area contributed by atoms with Gasteiger partial charge in [0, 0.05) is 5.41 Å². The predicted molar refractivity (Wildman–Crippen MR) is 161 cm³/mol. The summed E-state index contributed by atoms with van der Waals surface area (Å²) in [5, 5.41) is 9.92. The maximum Gasteiger partial charge on any atom is 0.317 e. The van der Waals surface area contributed by atoms with Gasteiger partial charge in [0.2, 0.25) is 0 Å². The number of ether oxygens (including phenoxy) is 2. The van der Waals surface area contributed by atoms with E-state index in [9.17, 15) is 24.3 Å². The van der Waals surface area contributed by atoms with Crippen molar-refractivity contribution in [1.29, 1.82) is 0 Å². The van der Waals surface area contributed by atoms with Crippen molar-refractivity contribution in [1.82, 2.24) is 0 Å². The van der Waals surface area contributed by atoms with Crippen LogP contribution < -0.4 is 0 Å². The summed E-state index contributed by atoms with van der Waals surface area (Å²) in [4.78, 5) is 52.1. The number of aliphatic carboxylic acids is 1. The smallest absolute Gasteiger partial charge is 0.317 e. The molecule has 7 heteroatoms. The number of carboxylic acid groups (broad SMARTS) is 1. The second kappa shape index (κ2) is 8.95. The molecule has 1 aliphatic heterocycles. The van der Waals surface area contributed by atoms with Crippen LogP contribution in [-0.2, 0) is 28.7 Å². The first-order valence-electron chi connectivity index (χ1n) is 18.7. The Morgan fingerprint density at radius 2 is 1.36 bits per heavy atom. The first-order valence-corrected chi connectivity index (χ1v) is 18.7. The van der Waals surface area contributed by atoms with Crippen LogP contribution in [0.1, 0.15) is 91.4 Å². The van der Waals surface area contributed by atoms with E-state index in [0.717, 1.165) is 55.8 Å². The largest absolute Gasteiger partial charge is 0.481 e. The van der Waals surface area contributed by atoms with Crippen molar-refractivity contribution in [3.8, 4) is 0 Å². The molecule has 45 heavy (non-hydrogen) atoms. The van der Waals surface area contributed by atoms with E-state index < -0.39 is 5.97 Å². The van der Waals surface area contributed by atoms with Gasteiger partial charge in [-0.1, -0.05) is 20.3 Å². The lowest BCUT2D eigenvalue weighted by Crippen LogP contribution is -2.58. The van der Waals surface area contributed by atoms with Crippen molar-refractivity contribution in [3.63, 3.8) is 0 Å². The van der Waals surface area contributed by atoms with E-state index in [-0.39, 0.29) is 76.3 Å². The second-order valence-electron chi connectivity index (χ2n) is 18.5. The van der Waals surface area contributed by atoms with Crippen LogP contribution in [0.5, 0.6) is 0 Å². The van der Waals surface area contributed by atoms with Crippen LogP contribution in [0.3, 0.4) is 0 Å². The van der Waals surface area contributed by atoms with E-state index >= 15 is 0 Å².